The van der Waals surface area contributed by atoms with Crippen LogP contribution in [0, 0.1) is 17.2 Å². The van der Waals surface area contributed by atoms with Gasteiger partial charge in [0.25, 0.3) is 0 Å². The number of aromatic nitrogens is 2. The number of benzene rings is 1. The molecule has 1 aromatic heterocycles. The number of hydrogen-bond donors (Lipinski definition) is 2. The molecule has 1 fully saturated rings. The Hall–Kier alpha value is -3.14. The number of carbonyl (C=O) groups is 2. The first-order chi connectivity index (χ1) is 12.7. The molecule has 1 aliphatic carbocycles. The predicted molar refractivity (Wildman–Crippen MR) is 95.8 cm³/mol. The summed E-state index contributed by atoms with van der Waals surface area (Å²) in [5.41, 5.74) is 1.01. The van der Waals surface area contributed by atoms with Gasteiger partial charge in [-0.15, -0.1) is 0 Å². The zero-order valence-corrected chi connectivity index (χ0v) is 14.4. The van der Waals surface area contributed by atoms with Crippen molar-refractivity contribution in [3.63, 3.8) is 0 Å². The van der Waals surface area contributed by atoms with E-state index in [1.807, 2.05) is 36.4 Å². The van der Waals surface area contributed by atoms with Gasteiger partial charge in [-0.05, 0) is 24.3 Å². The van der Waals surface area contributed by atoms with Crippen LogP contribution in [-0.2, 0) is 16.1 Å². The van der Waals surface area contributed by atoms with Crippen molar-refractivity contribution in [1.29, 1.82) is 5.26 Å². The van der Waals surface area contributed by atoms with Crippen LogP contribution in [0.2, 0.25) is 0 Å². The van der Waals surface area contributed by atoms with Gasteiger partial charge >= 0.3 is 11.8 Å². The van der Waals surface area contributed by atoms with Crippen LogP contribution >= 0.6 is 0 Å². The Labute approximate surface area is 152 Å². The molecule has 0 saturated heterocycles. The third-order valence-corrected chi connectivity index (χ3v) is 4.61. The summed E-state index contributed by atoms with van der Waals surface area (Å²) < 4.78 is 1.55. The predicted octanol–water partition coefficient (Wildman–Crippen LogP) is 2.39. The third kappa shape index (κ3) is 4.28. The molecule has 7 heteroatoms. The van der Waals surface area contributed by atoms with E-state index in [1.54, 1.807) is 16.9 Å². The molecule has 2 aromatic rings. The van der Waals surface area contributed by atoms with E-state index in [1.165, 1.54) is 0 Å². The summed E-state index contributed by atoms with van der Waals surface area (Å²) in [4.78, 5) is 24.6. The quantitative estimate of drug-likeness (QED) is 0.781. The van der Waals surface area contributed by atoms with Crippen molar-refractivity contribution in [3.8, 4) is 6.07 Å². The molecule has 1 atom stereocenters. The lowest BCUT2D eigenvalue weighted by Gasteiger charge is -2.34. The first-order valence-corrected chi connectivity index (χ1v) is 8.74. The Bertz CT molecular complexity index is 805. The number of nitrogens with zero attached hydrogens (tertiary/aromatic N) is 3. The van der Waals surface area contributed by atoms with E-state index >= 15 is 0 Å². The van der Waals surface area contributed by atoms with Crippen LogP contribution < -0.4 is 10.6 Å². The van der Waals surface area contributed by atoms with E-state index in [-0.39, 0.29) is 6.04 Å². The molecular weight excluding hydrogens is 330 g/mol. The largest absolute Gasteiger partial charge is 0.341 e. The Morgan fingerprint density at radius 3 is 2.65 bits per heavy atom. The Morgan fingerprint density at radius 2 is 2.00 bits per heavy atom. The molecule has 26 heavy (non-hydrogen) atoms. The van der Waals surface area contributed by atoms with Gasteiger partial charge in [-0.2, -0.15) is 10.4 Å². The van der Waals surface area contributed by atoms with Gasteiger partial charge in [0, 0.05) is 12.3 Å². The molecule has 7 nitrogen and oxygen atoms in total. The Balaban J connectivity index is 1.61. The molecular formula is C19H21N5O2. The van der Waals surface area contributed by atoms with Gasteiger partial charge in [0.15, 0.2) is 5.82 Å². The van der Waals surface area contributed by atoms with Crippen LogP contribution in [0.1, 0.15) is 37.3 Å². The van der Waals surface area contributed by atoms with Crippen LogP contribution in [0.3, 0.4) is 0 Å². The molecule has 134 valence electrons. The Kier molecular flexibility index (Phi) is 5.64. The van der Waals surface area contributed by atoms with E-state index in [0.29, 0.717) is 24.7 Å². The van der Waals surface area contributed by atoms with Crippen LogP contribution in [0.4, 0.5) is 5.82 Å². The van der Waals surface area contributed by atoms with E-state index in [9.17, 15) is 9.59 Å². The first-order valence-electron chi connectivity index (χ1n) is 8.74. The second kappa shape index (κ2) is 8.30. The number of aryl methyl sites for hydroxylation is 1. The van der Waals surface area contributed by atoms with Gasteiger partial charge in [0.05, 0.1) is 25.1 Å². The topological polar surface area (TPSA) is 99.8 Å². The van der Waals surface area contributed by atoms with Crippen molar-refractivity contribution in [1.82, 2.24) is 15.1 Å². The second-order valence-electron chi connectivity index (χ2n) is 6.38. The summed E-state index contributed by atoms with van der Waals surface area (Å²) >= 11 is 0. The SMILES string of the molecule is N#CCCn1ccc(NC(=O)C(=O)N[C@@H](c2ccccc2)C2CCC2)n1. The lowest BCUT2D eigenvalue weighted by Crippen LogP contribution is -2.42. The highest BCUT2D eigenvalue weighted by Gasteiger charge is 2.31. The molecule has 0 spiro atoms. The minimum Gasteiger partial charge on any atom is -0.341 e. The maximum atomic E-state index is 12.4. The van der Waals surface area contributed by atoms with Crippen molar-refractivity contribution >= 4 is 17.6 Å². The van der Waals surface area contributed by atoms with Crippen LogP contribution in [0.5, 0.6) is 0 Å². The number of carbonyl (C=O) groups excluding carboxylic acids is 2. The van der Waals surface area contributed by atoms with E-state index in [0.717, 1.165) is 24.8 Å². The van der Waals surface area contributed by atoms with Crippen molar-refractivity contribution in [2.45, 2.75) is 38.3 Å². The van der Waals surface area contributed by atoms with Crippen molar-refractivity contribution in [2.24, 2.45) is 5.92 Å². The maximum absolute atomic E-state index is 12.4. The fraction of sp³-hybridized carbons (Fsp3) is 0.368. The molecule has 1 heterocycles. The molecule has 1 aromatic carbocycles. The summed E-state index contributed by atoms with van der Waals surface area (Å²) in [6.07, 6.45) is 5.23. The molecule has 0 bridgehead atoms. The van der Waals surface area contributed by atoms with E-state index in [4.69, 9.17) is 5.26 Å². The molecule has 1 saturated carbocycles. The summed E-state index contributed by atoms with van der Waals surface area (Å²) in [5.74, 6) is -0.754. The Morgan fingerprint density at radius 1 is 1.23 bits per heavy atom. The summed E-state index contributed by atoms with van der Waals surface area (Å²) in [6, 6.07) is 13.2. The van der Waals surface area contributed by atoms with Gasteiger partial charge in [0.1, 0.15) is 0 Å². The number of amides is 2. The van der Waals surface area contributed by atoms with Gasteiger partial charge in [-0.25, -0.2) is 0 Å². The number of anilines is 1. The standard InChI is InChI=1S/C19H21N5O2/c20-11-5-12-24-13-10-16(23-24)21-18(25)19(26)22-17(15-8-4-9-15)14-6-2-1-3-7-14/h1-3,6-7,10,13,15,17H,4-5,8-9,12H2,(H,22,26)(H,21,23,25)/t17-/m0/s1. The molecule has 1 aliphatic rings. The smallest absolute Gasteiger partial charge is 0.314 e. The highest BCUT2D eigenvalue weighted by molar-refractivity contribution is 6.39. The van der Waals surface area contributed by atoms with E-state index in [2.05, 4.69) is 15.7 Å². The minimum absolute atomic E-state index is 0.156. The van der Waals surface area contributed by atoms with Gasteiger partial charge in [-0.3, -0.25) is 14.3 Å². The minimum atomic E-state index is -0.740. The van der Waals surface area contributed by atoms with Gasteiger partial charge in [0.2, 0.25) is 0 Å². The number of rotatable bonds is 6. The summed E-state index contributed by atoms with van der Waals surface area (Å²) in [5, 5.41) is 18.1. The first kappa shape index (κ1) is 17.7. The lowest BCUT2D eigenvalue weighted by molar-refractivity contribution is -0.137. The zero-order valence-electron chi connectivity index (χ0n) is 14.4. The molecule has 0 radical (unpaired) electrons. The fourth-order valence-electron chi connectivity index (χ4n) is 3.00. The maximum Gasteiger partial charge on any atom is 0.314 e. The van der Waals surface area contributed by atoms with Gasteiger partial charge < -0.3 is 10.6 Å². The van der Waals surface area contributed by atoms with E-state index < -0.39 is 11.8 Å². The van der Waals surface area contributed by atoms with Crippen LogP contribution in [0.15, 0.2) is 42.6 Å². The fourth-order valence-corrected chi connectivity index (χ4v) is 3.00. The molecule has 2 N–H and O–H groups in total. The average Bonchev–Trinajstić information content (AvgIpc) is 3.05. The molecule has 3 rings (SSSR count). The zero-order chi connectivity index (χ0) is 18.4. The monoisotopic (exact) mass is 351 g/mol. The highest BCUT2D eigenvalue weighted by atomic mass is 16.2. The number of hydrogen-bond acceptors (Lipinski definition) is 4. The number of nitriles is 1. The third-order valence-electron chi connectivity index (χ3n) is 4.61. The van der Waals surface area contributed by atoms with Crippen molar-refractivity contribution in [2.75, 3.05) is 5.32 Å². The van der Waals surface area contributed by atoms with Crippen molar-refractivity contribution < 1.29 is 9.59 Å². The lowest BCUT2D eigenvalue weighted by atomic mass is 9.77. The molecule has 2 amide bonds. The summed E-state index contributed by atoms with van der Waals surface area (Å²) in [7, 11) is 0. The average molecular weight is 351 g/mol. The summed E-state index contributed by atoms with van der Waals surface area (Å²) in [6.45, 7) is 0.441. The van der Waals surface area contributed by atoms with Crippen LogP contribution in [0.25, 0.3) is 0 Å². The second-order valence-corrected chi connectivity index (χ2v) is 6.38. The molecule has 0 unspecified atom stereocenters. The number of nitrogens with one attached hydrogen (secondary N) is 2. The molecule has 0 aliphatic heterocycles. The highest BCUT2D eigenvalue weighted by Crippen LogP contribution is 2.37. The van der Waals surface area contributed by atoms with Crippen LogP contribution in [-0.4, -0.2) is 21.6 Å². The van der Waals surface area contributed by atoms with Gasteiger partial charge in [-0.1, -0.05) is 36.8 Å². The van der Waals surface area contributed by atoms with Crippen molar-refractivity contribution in [3.05, 3.63) is 48.2 Å². The normalized spacial score (nSPS) is 14.7.